The average molecular weight is 283 g/mol. The van der Waals surface area contributed by atoms with E-state index in [1.165, 1.54) is 5.56 Å². The number of rotatable bonds is 3. The summed E-state index contributed by atoms with van der Waals surface area (Å²) in [7, 11) is 0. The predicted octanol–water partition coefficient (Wildman–Crippen LogP) is 2.40. The van der Waals surface area contributed by atoms with Crippen LogP contribution in [0.15, 0.2) is 24.3 Å². The lowest BCUT2D eigenvalue weighted by atomic mass is 9.95. The van der Waals surface area contributed by atoms with E-state index < -0.39 is 0 Å². The van der Waals surface area contributed by atoms with E-state index >= 15 is 0 Å². The number of hydrogen-bond donors (Lipinski definition) is 2. The van der Waals surface area contributed by atoms with Crippen molar-refractivity contribution in [3.63, 3.8) is 0 Å². The maximum absolute atomic E-state index is 12.1. The van der Waals surface area contributed by atoms with Crippen molar-refractivity contribution in [3.8, 4) is 0 Å². The molecule has 1 saturated heterocycles. The summed E-state index contributed by atoms with van der Waals surface area (Å²) in [5.41, 5.74) is 2.03. The molecular formula is C15H23ClN2O. The van der Waals surface area contributed by atoms with Gasteiger partial charge in [0.25, 0.3) is 5.91 Å². The standard InChI is InChI=1S/C15H22N2O.ClH/c1-3-12-4-6-13(7-5-12)15(18)17-14-8-9-16-10-11(14)2;/h4-7,11,14,16H,3,8-10H2,1-2H3,(H,17,18);1H. The van der Waals surface area contributed by atoms with Gasteiger partial charge in [-0.15, -0.1) is 12.4 Å². The van der Waals surface area contributed by atoms with E-state index in [0.717, 1.165) is 31.5 Å². The molecule has 0 spiro atoms. The minimum absolute atomic E-state index is 0. The highest BCUT2D eigenvalue weighted by molar-refractivity contribution is 5.94. The highest BCUT2D eigenvalue weighted by atomic mass is 35.5. The molecule has 2 rings (SSSR count). The molecule has 4 heteroatoms. The van der Waals surface area contributed by atoms with Crippen LogP contribution in [0.3, 0.4) is 0 Å². The fourth-order valence-electron chi connectivity index (χ4n) is 2.37. The second kappa shape index (κ2) is 7.51. The van der Waals surface area contributed by atoms with Crippen LogP contribution in [0.25, 0.3) is 0 Å². The van der Waals surface area contributed by atoms with Crippen LogP contribution in [0.5, 0.6) is 0 Å². The van der Waals surface area contributed by atoms with Crippen LogP contribution in [0.4, 0.5) is 0 Å². The Kier molecular flexibility index (Phi) is 6.32. The van der Waals surface area contributed by atoms with Gasteiger partial charge in [-0.3, -0.25) is 4.79 Å². The summed E-state index contributed by atoms with van der Waals surface area (Å²) in [6.45, 7) is 6.27. The van der Waals surface area contributed by atoms with Crippen molar-refractivity contribution in [1.82, 2.24) is 10.6 Å². The molecule has 1 amide bonds. The molecule has 0 aromatic heterocycles. The third-order valence-corrected chi connectivity index (χ3v) is 3.73. The van der Waals surface area contributed by atoms with Gasteiger partial charge in [-0.2, -0.15) is 0 Å². The van der Waals surface area contributed by atoms with E-state index in [4.69, 9.17) is 0 Å². The number of piperidine rings is 1. The summed E-state index contributed by atoms with van der Waals surface area (Å²) >= 11 is 0. The summed E-state index contributed by atoms with van der Waals surface area (Å²) in [5, 5.41) is 6.48. The van der Waals surface area contributed by atoms with Gasteiger partial charge in [0.2, 0.25) is 0 Å². The van der Waals surface area contributed by atoms with Gasteiger partial charge in [-0.1, -0.05) is 26.0 Å². The second-order valence-electron chi connectivity index (χ2n) is 5.10. The van der Waals surface area contributed by atoms with Crippen LogP contribution < -0.4 is 10.6 Å². The highest BCUT2D eigenvalue weighted by Crippen LogP contribution is 2.12. The summed E-state index contributed by atoms with van der Waals surface area (Å²) in [6, 6.07) is 8.19. The third kappa shape index (κ3) is 4.22. The topological polar surface area (TPSA) is 41.1 Å². The molecule has 1 aromatic rings. The molecule has 1 fully saturated rings. The molecule has 2 N–H and O–H groups in total. The summed E-state index contributed by atoms with van der Waals surface area (Å²) in [5.74, 6) is 0.550. The maximum atomic E-state index is 12.1. The van der Waals surface area contributed by atoms with E-state index in [9.17, 15) is 4.79 Å². The van der Waals surface area contributed by atoms with E-state index in [0.29, 0.717) is 12.0 Å². The monoisotopic (exact) mass is 282 g/mol. The Bertz CT molecular complexity index is 405. The first-order valence-corrected chi connectivity index (χ1v) is 6.81. The number of aryl methyl sites for hydroxylation is 1. The van der Waals surface area contributed by atoms with Crippen LogP contribution in [0.1, 0.15) is 36.2 Å². The Morgan fingerprint density at radius 3 is 2.63 bits per heavy atom. The number of hydrogen-bond acceptors (Lipinski definition) is 2. The molecule has 0 aliphatic carbocycles. The first-order chi connectivity index (χ1) is 8.70. The van der Waals surface area contributed by atoms with Crippen molar-refractivity contribution in [2.45, 2.75) is 32.7 Å². The number of benzene rings is 1. The van der Waals surface area contributed by atoms with Gasteiger partial charge in [-0.25, -0.2) is 0 Å². The normalized spacial score (nSPS) is 22.4. The molecule has 2 unspecified atom stereocenters. The zero-order chi connectivity index (χ0) is 13.0. The van der Waals surface area contributed by atoms with E-state index in [1.807, 2.05) is 24.3 Å². The Labute approximate surface area is 121 Å². The molecule has 0 bridgehead atoms. The van der Waals surface area contributed by atoms with Crippen LogP contribution in [0.2, 0.25) is 0 Å². The third-order valence-electron chi connectivity index (χ3n) is 3.73. The second-order valence-corrected chi connectivity index (χ2v) is 5.10. The minimum atomic E-state index is 0. The van der Waals surface area contributed by atoms with Crippen molar-refractivity contribution in [1.29, 1.82) is 0 Å². The molecule has 19 heavy (non-hydrogen) atoms. The number of carbonyl (C=O) groups excluding carboxylic acids is 1. The van der Waals surface area contributed by atoms with E-state index in [-0.39, 0.29) is 18.3 Å². The molecule has 2 atom stereocenters. The van der Waals surface area contributed by atoms with Gasteiger partial charge < -0.3 is 10.6 Å². The first-order valence-electron chi connectivity index (χ1n) is 6.81. The molecule has 106 valence electrons. The van der Waals surface area contributed by atoms with Crippen LogP contribution in [-0.2, 0) is 6.42 Å². The van der Waals surface area contributed by atoms with Crippen molar-refractivity contribution >= 4 is 18.3 Å². The average Bonchev–Trinajstić information content (AvgIpc) is 2.41. The predicted molar refractivity (Wildman–Crippen MR) is 81.0 cm³/mol. The maximum Gasteiger partial charge on any atom is 0.251 e. The molecule has 0 radical (unpaired) electrons. The van der Waals surface area contributed by atoms with Gasteiger partial charge in [-0.05, 0) is 49.5 Å². The smallest absolute Gasteiger partial charge is 0.251 e. The number of nitrogens with one attached hydrogen (secondary N) is 2. The summed E-state index contributed by atoms with van der Waals surface area (Å²) < 4.78 is 0. The molecule has 1 aliphatic rings. The van der Waals surface area contributed by atoms with Crippen molar-refractivity contribution in [2.75, 3.05) is 13.1 Å². The van der Waals surface area contributed by atoms with Gasteiger partial charge in [0, 0.05) is 11.6 Å². The number of halogens is 1. The molecule has 1 aromatic carbocycles. The quantitative estimate of drug-likeness (QED) is 0.894. The van der Waals surface area contributed by atoms with Crippen LogP contribution >= 0.6 is 12.4 Å². The fraction of sp³-hybridized carbons (Fsp3) is 0.533. The largest absolute Gasteiger partial charge is 0.349 e. The highest BCUT2D eigenvalue weighted by Gasteiger charge is 2.22. The lowest BCUT2D eigenvalue weighted by molar-refractivity contribution is 0.0914. The Morgan fingerprint density at radius 1 is 1.37 bits per heavy atom. The van der Waals surface area contributed by atoms with Gasteiger partial charge >= 0.3 is 0 Å². The summed E-state index contributed by atoms with van der Waals surface area (Å²) in [4.78, 5) is 12.1. The Hall–Kier alpha value is -1.06. The SMILES string of the molecule is CCc1ccc(C(=O)NC2CCNCC2C)cc1.Cl. The van der Waals surface area contributed by atoms with Crippen molar-refractivity contribution < 1.29 is 4.79 Å². The molecular weight excluding hydrogens is 260 g/mol. The molecule has 1 aliphatic heterocycles. The fourth-order valence-corrected chi connectivity index (χ4v) is 2.37. The van der Waals surface area contributed by atoms with Gasteiger partial charge in [0.15, 0.2) is 0 Å². The Morgan fingerprint density at radius 2 is 2.05 bits per heavy atom. The van der Waals surface area contributed by atoms with Gasteiger partial charge in [0.05, 0.1) is 0 Å². The van der Waals surface area contributed by atoms with Gasteiger partial charge in [0.1, 0.15) is 0 Å². The molecule has 1 heterocycles. The van der Waals surface area contributed by atoms with E-state index in [1.54, 1.807) is 0 Å². The summed E-state index contributed by atoms with van der Waals surface area (Å²) in [6.07, 6.45) is 2.02. The Balaban J connectivity index is 0.00000180. The zero-order valence-electron chi connectivity index (χ0n) is 11.6. The van der Waals surface area contributed by atoms with Crippen molar-refractivity contribution in [3.05, 3.63) is 35.4 Å². The van der Waals surface area contributed by atoms with E-state index in [2.05, 4.69) is 24.5 Å². The molecule has 0 saturated carbocycles. The number of amides is 1. The zero-order valence-corrected chi connectivity index (χ0v) is 12.4. The van der Waals surface area contributed by atoms with Crippen molar-refractivity contribution in [2.24, 2.45) is 5.92 Å². The first kappa shape index (κ1) is 16.0. The number of carbonyl (C=O) groups is 1. The van der Waals surface area contributed by atoms with Crippen LogP contribution in [-0.4, -0.2) is 25.0 Å². The lowest BCUT2D eigenvalue weighted by Gasteiger charge is -2.30. The lowest BCUT2D eigenvalue weighted by Crippen LogP contribution is -2.48. The minimum Gasteiger partial charge on any atom is -0.349 e. The molecule has 3 nitrogen and oxygen atoms in total. The van der Waals surface area contributed by atoms with Crippen LogP contribution in [0, 0.1) is 5.92 Å².